The highest BCUT2D eigenvalue weighted by Crippen LogP contribution is 2.22. The highest BCUT2D eigenvalue weighted by atomic mass is 19.2. The van der Waals surface area contributed by atoms with Crippen LogP contribution in [-0.2, 0) is 9.53 Å². The fourth-order valence-electron chi connectivity index (χ4n) is 1.12. The smallest absolute Gasteiger partial charge is 0.303 e. The third kappa shape index (κ3) is 3.24. The quantitative estimate of drug-likeness (QED) is 0.597. The molecule has 92 valence electrons. The number of ether oxygens (including phenoxy) is 2. The number of carbonyl (C=O) groups is 2. The first kappa shape index (κ1) is 13.1. The lowest BCUT2D eigenvalue weighted by Crippen LogP contribution is -2.12. The van der Waals surface area contributed by atoms with Gasteiger partial charge in [0.25, 0.3) is 0 Å². The molecule has 0 bridgehead atoms. The predicted octanol–water partition coefficient (Wildman–Crippen LogP) is 1.72. The van der Waals surface area contributed by atoms with Crippen LogP contribution in [0.2, 0.25) is 0 Å². The first-order valence-corrected chi connectivity index (χ1v) is 4.65. The summed E-state index contributed by atoms with van der Waals surface area (Å²) in [5.41, 5.74) is -0.123. The summed E-state index contributed by atoms with van der Waals surface area (Å²) < 4.78 is 35.2. The van der Waals surface area contributed by atoms with Crippen LogP contribution in [0, 0.1) is 11.6 Å². The van der Waals surface area contributed by atoms with E-state index in [9.17, 15) is 18.4 Å². The molecule has 0 spiro atoms. The monoisotopic (exact) mass is 244 g/mol. The first-order valence-electron chi connectivity index (χ1n) is 4.65. The van der Waals surface area contributed by atoms with Gasteiger partial charge in [0, 0.05) is 12.5 Å². The van der Waals surface area contributed by atoms with E-state index in [1.807, 2.05) is 0 Å². The van der Waals surface area contributed by atoms with Gasteiger partial charge in [-0.25, -0.2) is 4.39 Å². The lowest BCUT2D eigenvalue weighted by molar-refractivity contribution is -0.139. The zero-order valence-corrected chi connectivity index (χ0v) is 9.25. The predicted molar refractivity (Wildman–Crippen MR) is 53.9 cm³/mol. The molecule has 0 amide bonds. The number of hydrogen-bond acceptors (Lipinski definition) is 4. The number of ketones is 1. The molecule has 1 rings (SSSR count). The Morgan fingerprint density at radius 1 is 1.29 bits per heavy atom. The fourth-order valence-corrected chi connectivity index (χ4v) is 1.12. The lowest BCUT2D eigenvalue weighted by Gasteiger charge is -2.06. The maximum absolute atomic E-state index is 13.1. The third-order valence-corrected chi connectivity index (χ3v) is 1.94. The highest BCUT2D eigenvalue weighted by Gasteiger charge is 2.16. The van der Waals surface area contributed by atoms with E-state index in [1.54, 1.807) is 0 Å². The van der Waals surface area contributed by atoms with Gasteiger partial charge in [0.15, 0.2) is 18.2 Å². The number of halogens is 2. The molecule has 4 nitrogen and oxygen atoms in total. The van der Waals surface area contributed by atoms with Crippen LogP contribution >= 0.6 is 0 Å². The van der Waals surface area contributed by atoms with E-state index in [2.05, 4.69) is 9.47 Å². The molecule has 0 radical (unpaired) electrons. The van der Waals surface area contributed by atoms with E-state index in [-0.39, 0.29) is 11.3 Å². The van der Waals surface area contributed by atoms with E-state index in [0.29, 0.717) is 0 Å². The van der Waals surface area contributed by atoms with Crippen LogP contribution in [0.15, 0.2) is 12.1 Å². The molecule has 0 atom stereocenters. The van der Waals surface area contributed by atoms with Gasteiger partial charge in [-0.2, -0.15) is 4.39 Å². The Balaban J connectivity index is 2.94. The third-order valence-electron chi connectivity index (χ3n) is 1.94. The molecule has 0 unspecified atom stereocenters. The highest BCUT2D eigenvalue weighted by molar-refractivity contribution is 5.98. The molecule has 0 N–H and O–H groups in total. The zero-order chi connectivity index (χ0) is 13.0. The number of benzene rings is 1. The Labute approximate surface area is 96.1 Å². The van der Waals surface area contributed by atoms with Crippen LogP contribution in [0.5, 0.6) is 5.75 Å². The zero-order valence-electron chi connectivity index (χ0n) is 9.25. The van der Waals surface area contributed by atoms with Gasteiger partial charge in [-0.05, 0) is 12.1 Å². The minimum absolute atomic E-state index is 0.123. The van der Waals surface area contributed by atoms with Crippen molar-refractivity contribution in [2.24, 2.45) is 0 Å². The van der Waals surface area contributed by atoms with Crippen molar-refractivity contribution in [2.45, 2.75) is 6.92 Å². The number of rotatable bonds is 4. The Hall–Kier alpha value is -1.98. The Bertz CT molecular complexity index is 457. The first-order chi connectivity index (χ1) is 7.95. The molecule has 0 aliphatic rings. The van der Waals surface area contributed by atoms with Crippen molar-refractivity contribution in [2.75, 3.05) is 13.7 Å². The molecule has 0 saturated heterocycles. The summed E-state index contributed by atoms with van der Waals surface area (Å²) in [7, 11) is 1.15. The largest absolute Gasteiger partial charge is 0.494 e. The molecule has 0 heterocycles. The topological polar surface area (TPSA) is 52.6 Å². The molecular weight excluding hydrogens is 234 g/mol. The summed E-state index contributed by atoms with van der Waals surface area (Å²) in [5, 5.41) is 0. The number of carbonyl (C=O) groups excluding carboxylic acids is 2. The maximum Gasteiger partial charge on any atom is 0.303 e. The summed E-state index contributed by atoms with van der Waals surface area (Å²) in [6, 6.07) is 1.77. The van der Waals surface area contributed by atoms with Crippen molar-refractivity contribution in [1.29, 1.82) is 0 Å². The van der Waals surface area contributed by atoms with Gasteiger partial charge in [-0.3, -0.25) is 9.59 Å². The summed E-state index contributed by atoms with van der Waals surface area (Å²) in [6.07, 6.45) is 0. The Morgan fingerprint density at radius 3 is 2.47 bits per heavy atom. The van der Waals surface area contributed by atoms with Gasteiger partial charge in [0.05, 0.1) is 7.11 Å². The molecule has 0 aliphatic carbocycles. The lowest BCUT2D eigenvalue weighted by atomic mass is 10.1. The van der Waals surface area contributed by atoms with Gasteiger partial charge in [-0.15, -0.1) is 0 Å². The molecule has 0 aromatic heterocycles. The molecule has 0 saturated carbocycles. The van der Waals surface area contributed by atoms with Crippen molar-refractivity contribution in [1.82, 2.24) is 0 Å². The van der Waals surface area contributed by atoms with Crippen LogP contribution in [0.3, 0.4) is 0 Å². The number of methoxy groups -OCH3 is 1. The molecule has 1 aromatic rings. The number of hydrogen-bond donors (Lipinski definition) is 0. The van der Waals surface area contributed by atoms with Crippen molar-refractivity contribution in [3.8, 4) is 5.75 Å². The van der Waals surface area contributed by atoms with Crippen LogP contribution in [0.25, 0.3) is 0 Å². The maximum atomic E-state index is 13.1. The molecule has 17 heavy (non-hydrogen) atoms. The molecule has 0 aliphatic heterocycles. The van der Waals surface area contributed by atoms with Crippen molar-refractivity contribution < 1.29 is 27.8 Å². The minimum atomic E-state index is -1.20. The van der Waals surface area contributed by atoms with Crippen molar-refractivity contribution in [3.05, 3.63) is 29.3 Å². The summed E-state index contributed by atoms with van der Waals surface area (Å²) in [4.78, 5) is 21.9. The summed E-state index contributed by atoms with van der Waals surface area (Å²) >= 11 is 0. The minimum Gasteiger partial charge on any atom is -0.494 e. The molecule has 0 fully saturated rings. The van der Waals surface area contributed by atoms with Gasteiger partial charge >= 0.3 is 5.97 Å². The van der Waals surface area contributed by atoms with E-state index >= 15 is 0 Å². The van der Waals surface area contributed by atoms with Crippen LogP contribution in [0.4, 0.5) is 8.78 Å². The molecular formula is C11H10F2O4. The number of Topliss-reactive ketones (excluding diaryl/α,β-unsaturated/α-hetero) is 1. The standard InChI is InChI=1S/C11H10F2O4/c1-6(14)17-5-9(15)7-3-8(12)11(13)10(4-7)16-2/h3-4H,5H2,1-2H3. The van der Waals surface area contributed by atoms with E-state index < -0.39 is 30.0 Å². The summed E-state index contributed by atoms with van der Waals surface area (Å²) in [6.45, 7) is 0.614. The van der Waals surface area contributed by atoms with Gasteiger partial charge < -0.3 is 9.47 Å². The number of esters is 1. The van der Waals surface area contributed by atoms with Crippen LogP contribution < -0.4 is 4.74 Å². The van der Waals surface area contributed by atoms with Gasteiger partial charge in [-0.1, -0.05) is 0 Å². The SMILES string of the molecule is COc1cc(C(=O)COC(C)=O)cc(F)c1F. The van der Waals surface area contributed by atoms with E-state index in [0.717, 1.165) is 26.2 Å². The second-order valence-electron chi connectivity index (χ2n) is 3.18. The van der Waals surface area contributed by atoms with Crippen molar-refractivity contribution in [3.63, 3.8) is 0 Å². The van der Waals surface area contributed by atoms with E-state index in [4.69, 9.17) is 0 Å². The van der Waals surface area contributed by atoms with Crippen LogP contribution in [0.1, 0.15) is 17.3 Å². The molecule has 6 heteroatoms. The summed E-state index contributed by atoms with van der Waals surface area (Å²) in [5.74, 6) is -4.02. The average Bonchev–Trinajstić information content (AvgIpc) is 2.29. The second kappa shape index (κ2) is 5.38. The van der Waals surface area contributed by atoms with Crippen molar-refractivity contribution >= 4 is 11.8 Å². The van der Waals surface area contributed by atoms with Gasteiger partial charge in [0.1, 0.15) is 0 Å². The fraction of sp³-hybridized carbons (Fsp3) is 0.273. The van der Waals surface area contributed by atoms with E-state index in [1.165, 1.54) is 0 Å². The Kier molecular flexibility index (Phi) is 4.14. The normalized spacial score (nSPS) is 9.88. The Morgan fingerprint density at radius 2 is 1.94 bits per heavy atom. The van der Waals surface area contributed by atoms with Gasteiger partial charge in [0.2, 0.25) is 11.6 Å². The molecule has 1 aromatic carbocycles. The average molecular weight is 244 g/mol. The second-order valence-corrected chi connectivity index (χ2v) is 3.18. The van der Waals surface area contributed by atoms with Crippen LogP contribution in [-0.4, -0.2) is 25.5 Å².